The number of carbonyl (C=O) groups excluding carboxylic acids is 2. The van der Waals surface area contributed by atoms with Crippen LogP contribution in [0, 0.1) is 10.8 Å². The van der Waals surface area contributed by atoms with E-state index in [0.29, 0.717) is 33.3 Å². The highest BCUT2D eigenvalue weighted by molar-refractivity contribution is 7.11. The zero-order valence-electron chi connectivity index (χ0n) is 19.7. The number of rotatable bonds is 12. The molecule has 0 amide bonds. The predicted octanol–water partition coefficient (Wildman–Crippen LogP) is 6.34. The van der Waals surface area contributed by atoms with Crippen LogP contribution in [0.4, 0.5) is 8.78 Å². The van der Waals surface area contributed by atoms with E-state index in [1.165, 1.54) is 18.2 Å². The highest BCUT2D eigenvalue weighted by Gasteiger charge is 2.30. The third-order valence-corrected chi connectivity index (χ3v) is 7.12. The van der Waals surface area contributed by atoms with E-state index in [-0.39, 0.29) is 34.5 Å². The summed E-state index contributed by atoms with van der Waals surface area (Å²) in [4.78, 5) is 36.8. The van der Waals surface area contributed by atoms with Crippen LogP contribution >= 0.6 is 34.5 Å². The average molecular weight is 589 g/mol. The van der Waals surface area contributed by atoms with Crippen LogP contribution in [0.3, 0.4) is 0 Å². The highest BCUT2D eigenvalue weighted by atomic mass is 35.5. The Morgan fingerprint density at radius 3 is 2.61 bits per heavy atom. The van der Waals surface area contributed by atoms with Gasteiger partial charge >= 0.3 is 18.6 Å². The summed E-state index contributed by atoms with van der Waals surface area (Å²) in [5, 5.41) is 1.90. The number of ether oxygens (including phenoxy) is 4. The molecule has 1 fully saturated rings. The van der Waals surface area contributed by atoms with Crippen molar-refractivity contribution < 1.29 is 42.1 Å². The Morgan fingerprint density at radius 1 is 1.16 bits per heavy atom. The first-order chi connectivity index (χ1) is 18.2. The molecule has 0 spiro atoms. The summed E-state index contributed by atoms with van der Waals surface area (Å²) in [6.45, 7) is -3.57. The van der Waals surface area contributed by atoms with E-state index in [9.17, 15) is 23.3 Å². The first-order valence-corrected chi connectivity index (χ1v) is 13.1. The van der Waals surface area contributed by atoms with E-state index < -0.39 is 31.3 Å². The molecule has 1 aromatic heterocycles. The molecule has 0 bridgehead atoms. The van der Waals surface area contributed by atoms with Crippen LogP contribution in [0.15, 0.2) is 57.5 Å². The van der Waals surface area contributed by atoms with Crippen molar-refractivity contribution >= 4 is 46.5 Å². The monoisotopic (exact) mass is 588 g/mol. The average Bonchev–Trinajstić information content (AvgIpc) is 3.52. The molecule has 0 radical (unpaired) electrons. The maximum Gasteiger partial charge on any atom is 0.387 e. The van der Waals surface area contributed by atoms with Gasteiger partial charge in [-0.15, -0.1) is 11.3 Å². The van der Waals surface area contributed by atoms with Crippen LogP contribution in [0.2, 0.25) is 0 Å². The minimum absolute atomic E-state index is 0.0518. The van der Waals surface area contributed by atoms with E-state index in [2.05, 4.69) is 4.74 Å². The Hall–Kier alpha value is -3.02. The van der Waals surface area contributed by atoms with Crippen molar-refractivity contribution in [3.8, 4) is 11.5 Å². The summed E-state index contributed by atoms with van der Waals surface area (Å²) < 4.78 is 47.5. The molecule has 1 unspecified atom stereocenters. The summed E-state index contributed by atoms with van der Waals surface area (Å²) in [5.41, 5.74) is 0.725. The smallest absolute Gasteiger partial charge is 0.387 e. The first kappa shape index (κ1) is 28.0. The second-order valence-corrected chi connectivity index (χ2v) is 10.3. The number of thiophene rings is 1. The van der Waals surface area contributed by atoms with Crippen LogP contribution in [0.5, 0.6) is 11.5 Å². The summed E-state index contributed by atoms with van der Waals surface area (Å²) in [7, 11) is 0. The Balaban J connectivity index is 1.57. The quantitative estimate of drug-likeness (QED) is 0.211. The standard InChI is InChI=1S/C25H22Cl2F2NO7S/c26-17-10-30(33)11-18(27)16(17)9-20(36-23(31)13-35-24(32)22-2-1-7-38-22)15-5-6-19(37-25(28)29)21(8-15)34-12-14-3-4-14/h1-2,5-8,10,14,20,25H,3-4,9,11-13H2/q+1. The van der Waals surface area contributed by atoms with Gasteiger partial charge in [0.1, 0.15) is 16.0 Å². The molecule has 2 heterocycles. The van der Waals surface area contributed by atoms with E-state index in [4.69, 9.17) is 37.4 Å². The third kappa shape index (κ3) is 7.75. The predicted molar refractivity (Wildman–Crippen MR) is 135 cm³/mol. The number of benzene rings is 1. The van der Waals surface area contributed by atoms with Gasteiger partial charge in [-0.1, -0.05) is 35.3 Å². The molecule has 1 aliphatic heterocycles. The third-order valence-electron chi connectivity index (χ3n) is 5.60. The molecule has 1 aromatic carbocycles. The van der Waals surface area contributed by atoms with E-state index >= 15 is 0 Å². The van der Waals surface area contributed by atoms with Crippen LogP contribution in [-0.2, 0) is 14.3 Å². The number of carbonyl (C=O) groups is 2. The summed E-state index contributed by atoms with van der Waals surface area (Å²) in [5.74, 6) is -1.34. The van der Waals surface area contributed by atoms with Crippen molar-refractivity contribution in [3.05, 3.63) is 72.9 Å². The Bertz CT molecular complexity index is 1260. The minimum Gasteiger partial charge on any atom is -0.489 e. The number of esters is 2. The largest absolute Gasteiger partial charge is 0.489 e. The fourth-order valence-electron chi connectivity index (χ4n) is 3.54. The Kier molecular flexibility index (Phi) is 9.35. The van der Waals surface area contributed by atoms with Crippen LogP contribution < -0.4 is 9.47 Å². The van der Waals surface area contributed by atoms with Crippen molar-refractivity contribution in [2.45, 2.75) is 32.0 Å². The van der Waals surface area contributed by atoms with Crippen molar-refractivity contribution in [1.82, 2.24) is 0 Å². The van der Waals surface area contributed by atoms with Crippen molar-refractivity contribution in [1.29, 1.82) is 0 Å². The number of halogens is 4. The molecule has 2 aliphatic rings. The first-order valence-electron chi connectivity index (χ1n) is 11.5. The van der Waals surface area contributed by atoms with Gasteiger partial charge in [-0.25, -0.2) is 9.59 Å². The lowest BCUT2D eigenvalue weighted by Gasteiger charge is -2.22. The number of hydrogen-bond donors (Lipinski definition) is 0. The molecule has 0 saturated heterocycles. The molecule has 38 heavy (non-hydrogen) atoms. The molecule has 202 valence electrons. The van der Waals surface area contributed by atoms with Gasteiger partial charge in [-0.2, -0.15) is 8.78 Å². The zero-order chi connectivity index (χ0) is 27.2. The lowest BCUT2D eigenvalue weighted by molar-refractivity contribution is -0.470. The maximum absolute atomic E-state index is 13.0. The van der Waals surface area contributed by atoms with E-state index in [1.54, 1.807) is 17.5 Å². The molecule has 0 N–H and O–H groups in total. The molecule has 2 aromatic rings. The molecular weight excluding hydrogens is 567 g/mol. The second-order valence-electron chi connectivity index (χ2n) is 8.51. The lowest BCUT2D eigenvalue weighted by Crippen LogP contribution is -2.20. The number of nitrogens with zero attached hydrogens (tertiary/aromatic N) is 1. The molecule has 8 nitrogen and oxygen atoms in total. The fraction of sp³-hybridized carbons (Fsp3) is 0.360. The highest BCUT2D eigenvalue weighted by Crippen LogP contribution is 2.39. The molecule has 1 atom stereocenters. The van der Waals surface area contributed by atoms with Gasteiger partial charge in [0.15, 0.2) is 18.1 Å². The molecule has 1 saturated carbocycles. The Morgan fingerprint density at radius 2 is 1.95 bits per heavy atom. The van der Waals surface area contributed by atoms with Crippen molar-refractivity contribution in [2.24, 2.45) is 5.92 Å². The van der Waals surface area contributed by atoms with Gasteiger partial charge in [0.25, 0.3) is 0 Å². The molecule has 13 heteroatoms. The second kappa shape index (κ2) is 12.7. The van der Waals surface area contributed by atoms with Crippen molar-refractivity contribution in [3.63, 3.8) is 0 Å². The number of alkyl halides is 2. The number of nitroso groups, excluding NO2 is 1. The van der Waals surface area contributed by atoms with Gasteiger partial charge in [0.2, 0.25) is 12.7 Å². The lowest BCUT2D eigenvalue weighted by atomic mass is 9.99. The topological polar surface area (TPSA) is 91.1 Å². The summed E-state index contributed by atoms with van der Waals surface area (Å²) >= 11 is 13.7. The zero-order valence-corrected chi connectivity index (χ0v) is 22.1. The number of allylic oxidation sites excluding steroid dienone is 1. The summed E-state index contributed by atoms with van der Waals surface area (Å²) in [6.07, 6.45) is 2.00. The molecule has 1 aliphatic carbocycles. The Labute approximate surface area is 230 Å². The van der Waals surface area contributed by atoms with Gasteiger partial charge in [-0.3, -0.25) is 0 Å². The fourth-order valence-corrected chi connectivity index (χ4v) is 4.80. The van der Waals surface area contributed by atoms with E-state index in [0.717, 1.165) is 30.4 Å². The van der Waals surface area contributed by atoms with Gasteiger partial charge in [0.05, 0.1) is 11.6 Å². The SMILES string of the molecule is O=C(COC(=O)c1cccs1)OC(CC1=C(Cl)C[N+](=O)C=C1Cl)c1ccc(OC(F)F)c(OCC2CC2)c1. The summed E-state index contributed by atoms with van der Waals surface area (Å²) in [6, 6.07) is 7.38. The molecule has 4 rings (SSSR count). The van der Waals surface area contributed by atoms with Gasteiger partial charge in [-0.05, 0) is 47.9 Å². The normalized spacial score (nSPS) is 16.2. The van der Waals surface area contributed by atoms with E-state index in [1.807, 2.05) is 0 Å². The minimum atomic E-state index is -3.07. The van der Waals surface area contributed by atoms with Gasteiger partial charge in [0, 0.05) is 21.7 Å². The van der Waals surface area contributed by atoms with Gasteiger partial charge < -0.3 is 18.9 Å². The van der Waals surface area contributed by atoms with Crippen molar-refractivity contribution in [2.75, 3.05) is 19.8 Å². The molecular formula is C25H22Cl2F2NO7S+. The van der Waals surface area contributed by atoms with Crippen LogP contribution in [0.1, 0.15) is 40.6 Å². The maximum atomic E-state index is 13.0. The van der Waals surface area contributed by atoms with Crippen LogP contribution in [-0.4, -0.2) is 43.1 Å². The number of hydrogen-bond acceptors (Lipinski definition) is 8. The van der Waals surface area contributed by atoms with Crippen LogP contribution in [0.25, 0.3) is 0 Å².